The maximum Gasteiger partial charge on any atom is 0.122 e. The van der Waals surface area contributed by atoms with Crippen molar-refractivity contribution in [3.63, 3.8) is 0 Å². The highest BCUT2D eigenvalue weighted by atomic mass is 16.6. The number of rotatable bonds is 18. The van der Waals surface area contributed by atoms with Crippen molar-refractivity contribution in [2.75, 3.05) is 6.61 Å². The van der Waals surface area contributed by atoms with Gasteiger partial charge >= 0.3 is 0 Å². The molecule has 3 heteroatoms. The summed E-state index contributed by atoms with van der Waals surface area (Å²) >= 11 is 0. The van der Waals surface area contributed by atoms with Crippen LogP contribution in [0.3, 0.4) is 0 Å². The van der Waals surface area contributed by atoms with Crippen LogP contribution in [0.1, 0.15) is 110 Å². The molecule has 0 aromatic carbocycles. The summed E-state index contributed by atoms with van der Waals surface area (Å²) in [4.78, 5) is 4.71. The Balaban J connectivity index is 3.12. The summed E-state index contributed by atoms with van der Waals surface area (Å²) in [5, 5.41) is 8.78. The maximum atomic E-state index is 8.78. The molecule has 0 aliphatic heterocycles. The molecule has 0 unspecified atom stereocenters. The van der Waals surface area contributed by atoms with Crippen LogP contribution in [0, 0.1) is 0 Å². The molecule has 0 aliphatic carbocycles. The van der Waals surface area contributed by atoms with Gasteiger partial charge in [0.1, 0.15) is 5.76 Å². The molecule has 0 rings (SSSR count). The molecule has 0 spiro atoms. The van der Waals surface area contributed by atoms with E-state index in [1.807, 2.05) is 0 Å². The third-order valence-electron chi connectivity index (χ3n) is 4.50. The van der Waals surface area contributed by atoms with Gasteiger partial charge in [0.15, 0.2) is 0 Å². The van der Waals surface area contributed by atoms with Crippen LogP contribution in [0.2, 0.25) is 0 Å². The number of aliphatic hydroxyl groups is 1. The maximum absolute atomic E-state index is 8.78. The van der Waals surface area contributed by atoms with Crippen LogP contribution >= 0.6 is 0 Å². The van der Waals surface area contributed by atoms with Gasteiger partial charge < -0.3 is 9.94 Å². The van der Waals surface area contributed by atoms with Crippen molar-refractivity contribution < 1.29 is 9.94 Å². The average molecular weight is 328 g/mol. The fourth-order valence-corrected chi connectivity index (χ4v) is 2.98. The molecule has 0 aromatic rings. The van der Waals surface area contributed by atoms with E-state index in [1.165, 1.54) is 89.9 Å². The highest BCUT2D eigenvalue weighted by Gasteiger charge is 1.98. The smallest absolute Gasteiger partial charge is 0.122 e. The summed E-state index contributed by atoms with van der Waals surface area (Å²) in [5.41, 5.74) is 0. The number of nitrogens with two attached hydrogens (primary N) is 1. The highest BCUT2D eigenvalue weighted by molar-refractivity contribution is 4.91. The molecule has 0 bridgehead atoms. The van der Waals surface area contributed by atoms with Crippen molar-refractivity contribution in [1.29, 1.82) is 0 Å². The molecule has 138 valence electrons. The lowest BCUT2D eigenvalue weighted by atomic mass is 10.0. The minimum absolute atomic E-state index is 0.00523. The first-order valence-electron chi connectivity index (χ1n) is 10.0. The summed E-state index contributed by atoms with van der Waals surface area (Å²) in [6.07, 6.45) is 23.0. The first-order valence-corrected chi connectivity index (χ1v) is 10.0. The van der Waals surface area contributed by atoms with Gasteiger partial charge in [-0.15, -0.1) is 0 Å². The second-order valence-corrected chi connectivity index (χ2v) is 6.67. The zero-order chi connectivity index (χ0) is 17.0. The molecule has 0 atom stereocenters. The van der Waals surface area contributed by atoms with Gasteiger partial charge in [-0.3, -0.25) is 0 Å². The number of hydrogen-bond acceptors (Lipinski definition) is 3. The van der Waals surface area contributed by atoms with Gasteiger partial charge in [-0.2, -0.15) is 5.90 Å². The molecule has 3 N–H and O–H groups in total. The van der Waals surface area contributed by atoms with Gasteiger partial charge in [0, 0.05) is 6.42 Å². The molecule has 0 saturated heterocycles. The average Bonchev–Trinajstić information content (AvgIpc) is 2.57. The lowest BCUT2D eigenvalue weighted by Gasteiger charge is -2.05. The third-order valence-corrected chi connectivity index (χ3v) is 4.50. The van der Waals surface area contributed by atoms with E-state index in [0.29, 0.717) is 5.76 Å². The first-order chi connectivity index (χ1) is 11.3. The Labute approximate surface area is 144 Å². The SMILES string of the molecule is CCCCCCCCCCCCCCCCCC(=CCO)ON. The fraction of sp³-hybridized carbons (Fsp3) is 0.900. The molecular formula is C20H41NO2. The molecule has 0 radical (unpaired) electrons. The molecule has 0 amide bonds. The van der Waals surface area contributed by atoms with Gasteiger partial charge in [0.2, 0.25) is 0 Å². The Morgan fingerprint density at radius 1 is 0.739 bits per heavy atom. The van der Waals surface area contributed by atoms with Crippen molar-refractivity contribution in [3.8, 4) is 0 Å². The van der Waals surface area contributed by atoms with Crippen molar-refractivity contribution in [2.45, 2.75) is 110 Å². The standard InChI is InChI=1S/C20H41NO2/c1-2-3-4-5-6-7-8-9-10-11-12-13-14-15-16-17-20(23-21)18-19-22/h18,22H,2-17,19,21H2,1H3. The fourth-order valence-electron chi connectivity index (χ4n) is 2.98. The summed E-state index contributed by atoms with van der Waals surface area (Å²) in [5.74, 6) is 5.85. The van der Waals surface area contributed by atoms with Gasteiger partial charge in [0.05, 0.1) is 6.61 Å². The van der Waals surface area contributed by atoms with E-state index in [2.05, 4.69) is 6.92 Å². The normalized spacial score (nSPS) is 11.9. The Bertz CT molecular complexity index is 254. The Morgan fingerprint density at radius 2 is 1.13 bits per heavy atom. The van der Waals surface area contributed by atoms with Crippen molar-refractivity contribution in [3.05, 3.63) is 11.8 Å². The largest absolute Gasteiger partial charge is 0.416 e. The van der Waals surface area contributed by atoms with Gasteiger partial charge in [-0.25, -0.2) is 0 Å². The van der Waals surface area contributed by atoms with Crippen LogP contribution in [0.5, 0.6) is 0 Å². The molecule has 0 saturated carbocycles. The zero-order valence-corrected chi connectivity index (χ0v) is 15.5. The summed E-state index contributed by atoms with van der Waals surface area (Å²) in [6, 6.07) is 0. The minimum Gasteiger partial charge on any atom is -0.416 e. The monoisotopic (exact) mass is 327 g/mol. The quantitative estimate of drug-likeness (QED) is 0.184. The van der Waals surface area contributed by atoms with Crippen LogP contribution in [-0.4, -0.2) is 11.7 Å². The van der Waals surface area contributed by atoms with E-state index in [-0.39, 0.29) is 6.61 Å². The van der Waals surface area contributed by atoms with E-state index in [4.69, 9.17) is 15.8 Å². The molecular weight excluding hydrogens is 286 g/mol. The third kappa shape index (κ3) is 17.6. The topological polar surface area (TPSA) is 55.5 Å². The van der Waals surface area contributed by atoms with E-state index in [1.54, 1.807) is 6.08 Å². The summed E-state index contributed by atoms with van der Waals surface area (Å²) in [7, 11) is 0. The second kappa shape index (κ2) is 19.5. The van der Waals surface area contributed by atoms with Crippen molar-refractivity contribution >= 4 is 0 Å². The van der Waals surface area contributed by atoms with E-state index in [0.717, 1.165) is 12.8 Å². The van der Waals surface area contributed by atoms with Gasteiger partial charge in [-0.1, -0.05) is 96.8 Å². The Hall–Kier alpha value is -0.540. The molecule has 0 aliphatic rings. The summed E-state index contributed by atoms with van der Waals surface area (Å²) < 4.78 is 0. The predicted octanol–water partition coefficient (Wildman–Crippen LogP) is 6.01. The zero-order valence-electron chi connectivity index (χ0n) is 15.5. The van der Waals surface area contributed by atoms with Crippen LogP contribution in [0.4, 0.5) is 0 Å². The number of unbranched alkanes of at least 4 members (excludes halogenated alkanes) is 14. The lowest BCUT2D eigenvalue weighted by molar-refractivity contribution is 0.202. The van der Waals surface area contributed by atoms with Crippen LogP contribution in [-0.2, 0) is 4.84 Å². The van der Waals surface area contributed by atoms with Crippen molar-refractivity contribution in [1.82, 2.24) is 0 Å². The van der Waals surface area contributed by atoms with E-state index < -0.39 is 0 Å². The molecule has 3 nitrogen and oxygen atoms in total. The van der Waals surface area contributed by atoms with E-state index in [9.17, 15) is 0 Å². The van der Waals surface area contributed by atoms with Crippen LogP contribution < -0.4 is 5.90 Å². The first kappa shape index (κ1) is 22.5. The van der Waals surface area contributed by atoms with Gasteiger partial charge in [0.25, 0.3) is 0 Å². The Morgan fingerprint density at radius 3 is 1.48 bits per heavy atom. The Kier molecular flexibility index (Phi) is 19.0. The molecule has 23 heavy (non-hydrogen) atoms. The van der Waals surface area contributed by atoms with Crippen LogP contribution in [0.25, 0.3) is 0 Å². The van der Waals surface area contributed by atoms with E-state index >= 15 is 0 Å². The van der Waals surface area contributed by atoms with Crippen molar-refractivity contribution in [2.24, 2.45) is 5.90 Å². The molecule has 0 fully saturated rings. The predicted molar refractivity (Wildman–Crippen MR) is 100.0 cm³/mol. The molecule has 0 aromatic heterocycles. The number of hydrogen-bond donors (Lipinski definition) is 2. The summed E-state index contributed by atoms with van der Waals surface area (Å²) in [6.45, 7) is 2.28. The van der Waals surface area contributed by atoms with Crippen LogP contribution in [0.15, 0.2) is 11.8 Å². The number of allylic oxidation sites excluding steroid dienone is 1. The molecule has 0 heterocycles. The second-order valence-electron chi connectivity index (χ2n) is 6.67. The van der Waals surface area contributed by atoms with Gasteiger partial charge in [-0.05, 0) is 12.5 Å². The lowest BCUT2D eigenvalue weighted by Crippen LogP contribution is -2.00. The number of aliphatic hydroxyl groups excluding tert-OH is 1. The highest BCUT2D eigenvalue weighted by Crippen LogP contribution is 2.14. The minimum atomic E-state index is 0.00523.